The molecule has 3 nitrogen and oxygen atoms in total. The van der Waals surface area contributed by atoms with Gasteiger partial charge in [-0.15, -0.1) is 5.10 Å². The molecule has 0 bridgehead atoms. The van der Waals surface area contributed by atoms with Gasteiger partial charge in [0.25, 0.3) is 0 Å². The lowest BCUT2D eigenvalue weighted by Gasteiger charge is -2.06. The highest BCUT2D eigenvalue weighted by Crippen LogP contribution is 2.06. The minimum absolute atomic E-state index is 0.664. The molecule has 1 aromatic rings. The van der Waals surface area contributed by atoms with E-state index in [2.05, 4.69) is 10.3 Å². The summed E-state index contributed by atoms with van der Waals surface area (Å²) in [5.74, 6) is 0. The summed E-state index contributed by atoms with van der Waals surface area (Å²) in [5, 5.41) is 7.16. The van der Waals surface area contributed by atoms with E-state index in [0.717, 1.165) is 0 Å². The fourth-order valence-electron chi connectivity index (χ4n) is 0.726. The van der Waals surface area contributed by atoms with E-state index in [1.165, 1.54) is 10.9 Å². The molecule has 0 amide bonds. The van der Waals surface area contributed by atoms with Gasteiger partial charge in [-0.25, -0.2) is 13.5 Å². The van der Waals surface area contributed by atoms with Crippen molar-refractivity contribution in [1.82, 2.24) is 15.0 Å². The van der Waals surface area contributed by atoms with Crippen LogP contribution in [0.2, 0.25) is 0 Å². The molecule has 1 aromatic heterocycles. The highest BCUT2D eigenvalue weighted by atomic mass is 19.1. The van der Waals surface area contributed by atoms with Gasteiger partial charge in [-0.1, -0.05) is 5.21 Å². The van der Waals surface area contributed by atoms with Gasteiger partial charge in [-0.05, 0) is 6.92 Å². The number of halogens is 2. The third-order valence-corrected chi connectivity index (χ3v) is 1.36. The third kappa shape index (κ3) is 1.72. The summed E-state index contributed by atoms with van der Waals surface area (Å²) in [5.41, 5.74) is 0.664. The first-order chi connectivity index (χ1) is 5.27. The second-order valence-electron chi connectivity index (χ2n) is 2.30. The molecule has 0 fully saturated rings. The van der Waals surface area contributed by atoms with Crippen LogP contribution in [0.4, 0.5) is 8.78 Å². The quantitative estimate of drug-likeness (QED) is 0.663. The molecule has 0 N–H and O–H groups in total. The Bertz CT molecular complexity index is 219. The van der Waals surface area contributed by atoms with Crippen molar-refractivity contribution < 1.29 is 8.78 Å². The highest BCUT2D eigenvalue weighted by molar-refractivity contribution is 4.88. The Balaban J connectivity index is 2.73. The van der Waals surface area contributed by atoms with Crippen LogP contribution in [-0.4, -0.2) is 28.3 Å². The zero-order valence-corrected chi connectivity index (χ0v) is 6.17. The van der Waals surface area contributed by atoms with E-state index in [0.29, 0.717) is 5.69 Å². The van der Waals surface area contributed by atoms with Gasteiger partial charge in [0.1, 0.15) is 19.4 Å². The number of alkyl halides is 2. The molecule has 0 saturated heterocycles. The molecule has 0 radical (unpaired) electrons. The van der Waals surface area contributed by atoms with Crippen molar-refractivity contribution in [2.45, 2.75) is 13.0 Å². The Morgan fingerprint density at radius 1 is 1.55 bits per heavy atom. The maximum absolute atomic E-state index is 12.0. The SMILES string of the molecule is Cc1cn(C(CF)CF)nn1. The van der Waals surface area contributed by atoms with Crippen LogP contribution >= 0.6 is 0 Å². The molecule has 0 spiro atoms. The second kappa shape index (κ2) is 3.41. The largest absolute Gasteiger partial charge is 0.249 e. The van der Waals surface area contributed by atoms with Gasteiger partial charge in [0.2, 0.25) is 0 Å². The molecule has 0 aromatic carbocycles. The number of rotatable bonds is 3. The number of nitrogens with zero attached hydrogens (tertiary/aromatic N) is 3. The van der Waals surface area contributed by atoms with Crippen LogP contribution in [0, 0.1) is 6.92 Å². The minimum Gasteiger partial charge on any atom is -0.249 e. The first-order valence-electron chi connectivity index (χ1n) is 3.28. The Labute approximate surface area is 63.0 Å². The molecule has 0 atom stereocenters. The molecule has 0 aliphatic carbocycles. The lowest BCUT2D eigenvalue weighted by Crippen LogP contribution is -2.13. The summed E-state index contributed by atoms with van der Waals surface area (Å²) in [6, 6.07) is -0.809. The van der Waals surface area contributed by atoms with Gasteiger partial charge >= 0.3 is 0 Å². The molecule has 11 heavy (non-hydrogen) atoms. The van der Waals surface area contributed by atoms with Crippen molar-refractivity contribution in [1.29, 1.82) is 0 Å². The molecule has 0 saturated carbocycles. The first-order valence-corrected chi connectivity index (χ1v) is 3.28. The van der Waals surface area contributed by atoms with E-state index in [-0.39, 0.29) is 0 Å². The summed E-state index contributed by atoms with van der Waals surface area (Å²) >= 11 is 0. The Kier molecular flexibility index (Phi) is 2.51. The fourth-order valence-corrected chi connectivity index (χ4v) is 0.726. The molecular formula is C6H9F2N3. The maximum Gasteiger partial charge on any atom is 0.114 e. The number of aromatic nitrogens is 3. The topological polar surface area (TPSA) is 30.7 Å². The fraction of sp³-hybridized carbons (Fsp3) is 0.667. The van der Waals surface area contributed by atoms with Gasteiger partial charge in [0.05, 0.1) is 5.69 Å². The van der Waals surface area contributed by atoms with E-state index in [9.17, 15) is 8.78 Å². The standard InChI is InChI=1S/C6H9F2N3/c1-5-4-11(10-9-5)6(2-7)3-8/h4,6H,2-3H2,1H3. The van der Waals surface area contributed by atoms with Crippen LogP contribution in [0.5, 0.6) is 0 Å². The van der Waals surface area contributed by atoms with Crippen molar-refractivity contribution in [2.24, 2.45) is 0 Å². The van der Waals surface area contributed by atoms with Gasteiger partial charge in [-0.3, -0.25) is 0 Å². The molecule has 5 heteroatoms. The van der Waals surface area contributed by atoms with Gasteiger partial charge < -0.3 is 0 Å². The van der Waals surface area contributed by atoms with E-state index >= 15 is 0 Å². The molecule has 0 aliphatic heterocycles. The van der Waals surface area contributed by atoms with Crippen molar-refractivity contribution >= 4 is 0 Å². The molecule has 1 rings (SSSR count). The average molecular weight is 161 g/mol. The van der Waals surface area contributed by atoms with Gasteiger partial charge in [0.15, 0.2) is 0 Å². The third-order valence-electron chi connectivity index (χ3n) is 1.36. The van der Waals surface area contributed by atoms with Crippen LogP contribution in [0.15, 0.2) is 6.20 Å². The molecular weight excluding hydrogens is 152 g/mol. The van der Waals surface area contributed by atoms with E-state index in [4.69, 9.17) is 0 Å². The first kappa shape index (κ1) is 8.10. The lowest BCUT2D eigenvalue weighted by atomic mass is 10.4. The van der Waals surface area contributed by atoms with Crippen molar-refractivity contribution in [2.75, 3.05) is 13.3 Å². The van der Waals surface area contributed by atoms with Crippen molar-refractivity contribution in [3.05, 3.63) is 11.9 Å². The molecule has 0 aliphatic rings. The van der Waals surface area contributed by atoms with E-state index in [1.54, 1.807) is 6.92 Å². The Morgan fingerprint density at radius 2 is 2.18 bits per heavy atom. The number of hydrogen-bond acceptors (Lipinski definition) is 2. The summed E-state index contributed by atoms with van der Waals surface area (Å²) in [6.07, 6.45) is 1.52. The normalized spacial score (nSPS) is 10.9. The highest BCUT2D eigenvalue weighted by Gasteiger charge is 2.10. The van der Waals surface area contributed by atoms with E-state index < -0.39 is 19.4 Å². The van der Waals surface area contributed by atoms with E-state index in [1.807, 2.05) is 0 Å². The van der Waals surface area contributed by atoms with Gasteiger partial charge in [0, 0.05) is 6.20 Å². The average Bonchev–Trinajstić information content (AvgIpc) is 2.39. The van der Waals surface area contributed by atoms with Crippen LogP contribution in [-0.2, 0) is 0 Å². The predicted molar refractivity (Wildman–Crippen MR) is 35.7 cm³/mol. The molecule has 0 unspecified atom stereocenters. The van der Waals surface area contributed by atoms with Crippen LogP contribution < -0.4 is 0 Å². The Hall–Kier alpha value is -1.00. The van der Waals surface area contributed by atoms with Crippen LogP contribution in [0.3, 0.4) is 0 Å². The van der Waals surface area contributed by atoms with Crippen molar-refractivity contribution in [3.63, 3.8) is 0 Å². The predicted octanol–water partition coefficient (Wildman–Crippen LogP) is 1.07. The van der Waals surface area contributed by atoms with Crippen LogP contribution in [0.25, 0.3) is 0 Å². The second-order valence-corrected chi connectivity index (χ2v) is 2.30. The molecule has 62 valence electrons. The minimum atomic E-state index is -0.809. The van der Waals surface area contributed by atoms with Gasteiger partial charge in [-0.2, -0.15) is 0 Å². The zero-order chi connectivity index (χ0) is 8.27. The zero-order valence-electron chi connectivity index (χ0n) is 6.17. The molecule has 1 heterocycles. The van der Waals surface area contributed by atoms with Crippen molar-refractivity contribution in [3.8, 4) is 0 Å². The van der Waals surface area contributed by atoms with Crippen LogP contribution in [0.1, 0.15) is 11.7 Å². The smallest absolute Gasteiger partial charge is 0.114 e. The number of aryl methyl sites for hydroxylation is 1. The summed E-state index contributed by atoms with van der Waals surface area (Å²) in [7, 11) is 0. The summed E-state index contributed by atoms with van der Waals surface area (Å²) in [4.78, 5) is 0. The summed E-state index contributed by atoms with van der Waals surface area (Å²) < 4.78 is 25.3. The maximum atomic E-state index is 12.0. The Morgan fingerprint density at radius 3 is 2.55 bits per heavy atom. The lowest BCUT2D eigenvalue weighted by molar-refractivity contribution is 0.269. The summed E-state index contributed by atoms with van der Waals surface area (Å²) in [6.45, 7) is 0.218. The monoisotopic (exact) mass is 161 g/mol. The number of hydrogen-bond donors (Lipinski definition) is 0.